The van der Waals surface area contributed by atoms with E-state index >= 15 is 0 Å². The molecule has 1 heterocycles. The van der Waals surface area contributed by atoms with E-state index < -0.39 is 0 Å². The Morgan fingerprint density at radius 2 is 0.955 bits per heavy atom. The van der Waals surface area contributed by atoms with Gasteiger partial charge in [0.1, 0.15) is 0 Å². The predicted molar refractivity (Wildman–Crippen MR) is 90.4 cm³/mol. The van der Waals surface area contributed by atoms with Crippen molar-refractivity contribution in [1.82, 2.24) is 4.90 Å². The van der Waals surface area contributed by atoms with Gasteiger partial charge in [0.25, 0.3) is 0 Å². The summed E-state index contributed by atoms with van der Waals surface area (Å²) < 4.78 is 0. The molecule has 0 amide bonds. The molecule has 1 aliphatic rings. The third kappa shape index (κ3) is 2.56. The zero-order valence-electron chi connectivity index (χ0n) is 12.5. The molecule has 0 N–H and O–H groups in total. The van der Waals surface area contributed by atoms with Gasteiger partial charge in [-0.1, -0.05) is 91.0 Å². The predicted octanol–water partition coefficient (Wildman–Crippen LogP) is 4.98. The van der Waals surface area contributed by atoms with Crippen molar-refractivity contribution in [3.05, 3.63) is 108 Å². The lowest BCUT2D eigenvalue weighted by atomic mass is 10.0. The molecular formula is C21H19N. The van der Waals surface area contributed by atoms with Crippen LogP contribution in [0.2, 0.25) is 0 Å². The van der Waals surface area contributed by atoms with E-state index in [9.17, 15) is 0 Å². The van der Waals surface area contributed by atoms with Crippen LogP contribution in [-0.2, 0) is 6.54 Å². The maximum atomic E-state index is 2.57. The SMILES string of the molecule is c1ccc(CN2[C@H](c3ccccc3)[C@@H]2c2ccccc2)cc1. The largest absolute Gasteiger partial charge is 0.281 e. The molecule has 1 heteroatoms. The van der Waals surface area contributed by atoms with Gasteiger partial charge in [-0.25, -0.2) is 0 Å². The van der Waals surface area contributed by atoms with E-state index in [1.165, 1.54) is 16.7 Å². The van der Waals surface area contributed by atoms with Crippen LogP contribution in [0, 0.1) is 0 Å². The second-order valence-electron chi connectivity index (χ2n) is 5.87. The van der Waals surface area contributed by atoms with E-state index in [0.717, 1.165) is 6.54 Å². The molecule has 1 saturated heterocycles. The first-order valence-electron chi connectivity index (χ1n) is 7.83. The van der Waals surface area contributed by atoms with E-state index in [2.05, 4.69) is 95.9 Å². The van der Waals surface area contributed by atoms with E-state index in [0.29, 0.717) is 12.1 Å². The third-order valence-electron chi connectivity index (χ3n) is 4.41. The van der Waals surface area contributed by atoms with Crippen LogP contribution in [0.4, 0.5) is 0 Å². The number of rotatable bonds is 4. The lowest BCUT2D eigenvalue weighted by Gasteiger charge is -2.04. The zero-order chi connectivity index (χ0) is 14.8. The fraction of sp³-hybridized carbons (Fsp3) is 0.143. The molecule has 0 aromatic heterocycles. The summed E-state index contributed by atoms with van der Waals surface area (Å²) in [5.74, 6) is 0. The van der Waals surface area contributed by atoms with Crippen LogP contribution in [-0.4, -0.2) is 4.90 Å². The molecule has 1 aliphatic heterocycles. The number of hydrogen-bond donors (Lipinski definition) is 0. The summed E-state index contributed by atoms with van der Waals surface area (Å²) in [5.41, 5.74) is 4.20. The van der Waals surface area contributed by atoms with E-state index in [1.54, 1.807) is 0 Å². The van der Waals surface area contributed by atoms with Gasteiger partial charge in [-0.05, 0) is 16.7 Å². The van der Waals surface area contributed by atoms with Crippen LogP contribution in [0.5, 0.6) is 0 Å². The Hall–Kier alpha value is -2.38. The molecule has 0 saturated carbocycles. The fourth-order valence-corrected chi connectivity index (χ4v) is 3.31. The highest BCUT2D eigenvalue weighted by molar-refractivity contribution is 5.35. The van der Waals surface area contributed by atoms with Gasteiger partial charge in [0.2, 0.25) is 0 Å². The molecule has 22 heavy (non-hydrogen) atoms. The van der Waals surface area contributed by atoms with Crippen LogP contribution in [0.25, 0.3) is 0 Å². The molecule has 1 unspecified atom stereocenters. The molecule has 4 rings (SSSR count). The van der Waals surface area contributed by atoms with Crippen molar-refractivity contribution in [2.45, 2.75) is 18.6 Å². The van der Waals surface area contributed by atoms with Crippen molar-refractivity contribution in [3.63, 3.8) is 0 Å². The van der Waals surface area contributed by atoms with Crippen LogP contribution >= 0.6 is 0 Å². The summed E-state index contributed by atoms with van der Waals surface area (Å²) >= 11 is 0. The molecule has 1 fully saturated rings. The monoisotopic (exact) mass is 285 g/mol. The van der Waals surface area contributed by atoms with E-state index in [4.69, 9.17) is 0 Å². The van der Waals surface area contributed by atoms with Crippen molar-refractivity contribution in [3.8, 4) is 0 Å². The summed E-state index contributed by atoms with van der Waals surface area (Å²) in [5, 5.41) is 0. The first-order chi connectivity index (χ1) is 10.9. The lowest BCUT2D eigenvalue weighted by Crippen LogP contribution is -1.99. The van der Waals surface area contributed by atoms with Crippen molar-refractivity contribution >= 4 is 0 Å². The lowest BCUT2D eigenvalue weighted by molar-refractivity contribution is 0.480. The van der Waals surface area contributed by atoms with Crippen molar-refractivity contribution in [1.29, 1.82) is 0 Å². The van der Waals surface area contributed by atoms with E-state index in [1.807, 2.05) is 0 Å². The number of nitrogens with zero attached hydrogens (tertiary/aromatic N) is 1. The molecule has 1 nitrogen and oxygen atoms in total. The first-order valence-corrected chi connectivity index (χ1v) is 7.83. The molecular weight excluding hydrogens is 266 g/mol. The summed E-state index contributed by atoms with van der Waals surface area (Å²) in [6.45, 7) is 1.000. The molecule has 0 bridgehead atoms. The minimum atomic E-state index is 0.490. The summed E-state index contributed by atoms with van der Waals surface area (Å²) in [4.78, 5) is 2.57. The first kappa shape index (κ1) is 13.3. The molecule has 108 valence electrons. The van der Waals surface area contributed by atoms with Crippen LogP contribution in [0.1, 0.15) is 28.8 Å². The van der Waals surface area contributed by atoms with Gasteiger partial charge in [-0.3, -0.25) is 4.90 Å². The van der Waals surface area contributed by atoms with Gasteiger partial charge >= 0.3 is 0 Å². The smallest absolute Gasteiger partial charge is 0.0556 e. The van der Waals surface area contributed by atoms with Gasteiger partial charge in [0.15, 0.2) is 0 Å². The van der Waals surface area contributed by atoms with Gasteiger partial charge in [-0.15, -0.1) is 0 Å². The fourth-order valence-electron chi connectivity index (χ4n) is 3.31. The van der Waals surface area contributed by atoms with Gasteiger partial charge in [-0.2, -0.15) is 0 Å². The van der Waals surface area contributed by atoms with Crippen LogP contribution in [0.15, 0.2) is 91.0 Å². The minimum absolute atomic E-state index is 0.490. The quantitative estimate of drug-likeness (QED) is 0.611. The van der Waals surface area contributed by atoms with Gasteiger partial charge in [0.05, 0.1) is 12.1 Å². The van der Waals surface area contributed by atoms with Gasteiger partial charge < -0.3 is 0 Å². The molecule has 3 aromatic carbocycles. The van der Waals surface area contributed by atoms with Crippen molar-refractivity contribution in [2.24, 2.45) is 0 Å². The Morgan fingerprint density at radius 3 is 1.41 bits per heavy atom. The Morgan fingerprint density at radius 1 is 0.545 bits per heavy atom. The summed E-state index contributed by atoms with van der Waals surface area (Å²) in [7, 11) is 0. The summed E-state index contributed by atoms with van der Waals surface area (Å²) in [6, 6.07) is 33.4. The van der Waals surface area contributed by atoms with Crippen LogP contribution in [0.3, 0.4) is 0 Å². The zero-order valence-corrected chi connectivity index (χ0v) is 12.5. The average Bonchev–Trinajstić information content (AvgIpc) is 3.31. The maximum Gasteiger partial charge on any atom is 0.0556 e. The highest BCUT2D eigenvalue weighted by Crippen LogP contribution is 2.55. The maximum absolute atomic E-state index is 2.57. The minimum Gasteiger partial charge on any atom is -0.281 e. The standard InChI is InChI=1S/C21H19N/c1-4-10-17(11-5-1)16-22-20(18-12-6-2-7-13-18)21(22)19-14-8-3-9-15-19/h1-15,20-21H,16H2/t20-,21+,22?. The van der Waals surface area contributed by atoms with Crippen molar-refractivity contribution in [2.75, 3.05) is 0 Å². The van der Waals surface area contributed by atoms with E-state index in [-0.39, 0.29) is 0 Å². The summed E-state index contributed by atoms with van der Waals surface area (Å²) in [6.07, 6.45) is 0. The highest BCUT2D eigenvalue weighted by atomic mass is 15.3. The highest BCUT2D eigenvalue weighted by Gasteiger charge is 2.48. The number of hydrogen-bond acceptors (Lipinski definition) is 1. The third-order valence-corrected chi connectivity index (χ3v) is 4.41. The molecule has 0 aliphatic carbocycles. The molecule has 0 spiro atoms. The second-order valence-corrected chi connectivity index (χ2v) is 5.87. The Bertz CT molecular complexity index is 676. The van der Waals surface area contributed by atoms with Gasteiger partial charge in [0, 0.05) is 6.54 Å². The number of benzene rings is 3. The topological polar surface area (TPSA) is 3.01 Å². The Labute approximate surface area is 131 Å². The average molecular weight is 285 g/mol. The second kappa shape index (κ2) is 5.78. The Balaban J connectivity index is 1.63. The molecule has 3 aromatic rings. The normalized spacial score (nSPS) is 23.2. The molecule has 0 radical (unpaired) electrons. The Kier molecular flexibility index (Phi) is 3.49. The van der Waals surface area contributed by atoms with Crippen LogP contribution < -0.4 is 0 Å². The van der Waals surface area contributed by atoms with Crippen molar-refractivity contribution < 1.29 is 0 Å². The molecule has 3 atom stereocenters.